The molecule has 0 aliphatic heterocycles. The van der Waals surface area contributed by atoms with Gasteiger partial charge in [0, 0.05) is 12.7 Å². The van der Waals surface area contributed by atoms with Crippen LogP contribution in [0.25, 0.3) is 0 Å². The van der Waals surface area contributed by atoms with Gasteiger partial charge >= 0.3 is 0 Å². The lowest BCUT2D eigenvalue weighted by Gasteiger charge is -2.16. The average molecular weight is 465 g/mol. The van der Waals surface area contributed by atoms with Crippen LogP contribution in [0.4, 0.5) is 10.1 Å². The molecule has 2 unspecified atom stereocenters. The number of carbonyl (C=O) groups is 1. The summed E-state index contributed by atoms with van der Waals surface area (Å²) in [4.78, 5) is 12.5. The van der Waals surface area contributed by atoms with E-state index in [0.717, 1.165) is 0 Å². The minimum absolute atomic E-state index is 0.0555. The number of carbonyl (C=O) groups excluding carboxylic acids is 1. The molecule has 10 heteroatoms. The minimum atomic E-state index is -0.543. The Bertz CT molecular complexity index is 1080. The number of thioether (sulfide) groups is 1. The van der Waals surface area contributed by atoms with Gasteiger partial charge in [-0.15, -0.1) is 10.2 Å². The van der Waals surface area contributed by atoms with Crippen LogP contribution in [0.15, 0.2) is 47.6 Å². The van der Waals surface area contributed by atoms with E-state index in [4.69, 9.17) is 21.1 Å². The third-order valence-corrected chi connectivity index (χ3v) is 5.87. The van der Waals surface area contributed by atoms with E-state index >= 15 is 0 Å². The fourth-order valence-corrected chi connectivity index (χ4v) is 3.77. The van der Waals surface area contributed by atoms with Crippen molar-refractivity contribution in [2.24, 2.45) is 7.05 Å². The Morgan fingerprint density at radius 3 is 2.58 bits per heavy atom. The number of amides is 1. The third-order valence-electron chi connectivity index (χ3n) is 4.44. The van der Waals surface area contributed by atoms with Gasteiger partial charge in [-0.1, -0.05) is 35.5 Å². The Hall–Kier alpha value is -2.78. The number of halogens is 2. The number of nitrogens with zero attached hydrogens (tertiary/aromatic N) is 3. The summed E-state index contributed by atoms with van der Waals surface area (Å²) in [6, 6.07) is 11.4. The molecule has 0 fully saturated rings. The Morgan fingerprint density at radius 2 is 1.90 bits per heavy atom. The van der Waals surface area contributed by atoms with Crippen molar-refractivity contribution >= 4 is 35.0 Å². The molecule has 2 aromatic carbocycles. The quantitative estimate of drug-likeness (QED) is 0.479. The molecule has 1 amide bonds. The lowest BCUT2D eigenvalue weighted by molar-refractivity contribution is -0.115. The first-order chi connectivity index (χ1) is 14.8. The molecule has 1 aromatic heterocycles. The molecule has 1 heterocycles. The number of anilines is 1. The van der Waals surface area contributed by atoms with Crippen LogP contribution in [0.2, 0.25) is 5.02 Å². The smallest absolute Gasteiger partial charge is 0.237 e. The molecule has 0 aliphatic carbocycles. The van der Waals surface area contributed by atoms with Gasteiger partial charge in [0.15, 0.2) is 28.6 Å². The molecule has 0 bridgehead atoms. The highest BCUT2D eigenvalue weighted by atomic mass is 35.5. The first kappa shape index (κ1) is 22.9. The van der Waals surface area contributed by atoms with Gasteiger partial charge in [0.2, 0.25) is 5.91 Å². The van der Waals surface area contributed by atoms with Crippen molar-refractivity contribution in [1.29, 1.82) is 0 Å². The molecule has 3 aromatic rings. The van der Waals surface area contributed by atoms with Crippen LogP contribution in [0.3, 0.4) is 0 Å². The number of aromatic nitrogens is 3. The maximum absolute atomic E-state index is 13.3. The molecule has 31 heavy (non-hydrogen) atoms. The van der Waals surface area contributed by atoms with Crippen molar-refractivity contribution in [3.63, 3.8) is 0 Å². The van der Waals surface area contributed by atoms with E-state index in [-0.39, 0.29) is 10.9 Å². The van der Waals surface area contributed by atoms with Crippen LogP contribution in [0, 0.1) is 5.82 Å². The fraction of sp³-hybridized carbons (Fsp3) is 0.286. The molecule has 0 spiro atoms. The summed E-state index contributed by atoms with van der Waals surface area (Å²) in [6.07, 6.45) is -0.395. The van der Waals surface area contributed by atoms with Crippen molar-refractivity contribution in [2.45, 2.75) is 30.4 Å². The number of rotatable bonds is 8. The highest BCUT2D eigenvalue weighted by molar-refractivity contribution is 8.00. The molecular formula is C21H22ClFN4O3S. The summed E-state index contributed by atoms with van der Waals surface area (Å²) in [5, 5.41) is 11.2. The molecule has 0 radical (unpaired) electrons. The monoisotopic (exact) mass is 464 g/mol. The van der Waals surface area contributed by atoms with E-state index in [1.165, 1.54) is 30.0 Å². The van der Waals surface area contributed by atoms with Gasteiger partial charge in [-0.25, -0.2) is 4.39 Å². The van der Waals surface area contributed by atoms with Crippen LogP contribution in [-0.4, -0.2) is 33.0 Å². The summed E-state index contributed by atoms with van der Waals surface area (Å²) in [7, 11) is 3.39. The maximum atomic E-state index is 13.3. The lowest BCUT2D eigenvalue weighted by Crippen LogP contribution is -2.23. The van der Waals surface area contributed by atoms with E-state index in [2.05, 4.69) is 15.5 Å². The number of hydrogen-bond donors (Lipinski definition) is 1. The molecule has 7 nitrogen and oxygen atoms in total. The molecule has 3 rings (SSSR count). The molecule has 0 saturated heterocycles. The molecule has 1 N–H and O–H groups in total. The van der Waals surface area contributed by atoms with E-state index in [1.807, 2.05) is 38.2 Å². The normalized spacial score (nSPS) is 12.8. The number of ether oxygens (including phenoxy) is 2. The van der Waals surface area contributed by atoms with Gasteiger partial charge in [0.1, 0.15) is 5.82 Å². The zero-order chi connectivity index (χ0) is 22.5. The highest BCUT2D eigenvalue weighted by Crippen LogP contribution is 2.31. The summed E-state index contributed by atoms with van der Waals surface area (Å²) in [6.45, 7) is 3.60. The van der Waals surface area contributed by atoms with Crippen LogP contribution in [0.5, 0.6) is 11.5 Å². The van der Waals surface area contributed by atoms with E-state index in [1.54, 1.807) is 18.6 Å². The molecule has 2 atom stereocenters. The van der Waals surface area contributed by atoms with Crippen molar-refractivity contribution in [1.82, 2.24) is 14.8 Å². The van der Waals surface area contributed by atoms with Crippen LogP contribution >= 0.6 is 23.4 Å². The number of nitrogens with one attached hydrogen (secondary N) is 1. The first-order valence-electron chi connectivity index (χ1n) is 9.41. The van der Waals surface area contributed by atoms with Crippen molar-refractivity contribution in [3.8, 4) is 11.5 Å². The van der Waals surface area contributed by atoms with E-state index < -0.39 is 17.2 Å². The zero-order valence-electron chi connectivity index (χ0n) is 17.4. The number of hydrogen-bond acceptors (Lipinski definition) is 6. The SMILES string of the molecule is COc1ccccc1OC(C)c1nnc(SC(C)C(=O)Nc2ccc(F)c(Cl)c2)n1C. The fourth-order valence-electron chi connectivity index (χ4n) is 2.77. The second-order valence-electron chi connectivity index (χ2n) is 6.69. The van der Waals surface area contributed by atoms with Gasteiger partial charge in [0.25, 0.3) is 0 Å². The van der Waals surface area contributed by atoms with Crippen LogP contribution in [-0.2, 0) is 11.8 Å². The van der Waals surface area contributed by atoms with Gasteiger partial charge in [-0.05, 0) is 44.2 Å². The molecule has 164 valence electrons. The van der Waals surface area contributed by atoms with Crippen molar-refractivity contribution < 1.29 is 18.7 Å². The second kappa shape index (κ2) is 10.0. The highest BCUT2D eigenvalue weighted by Gasteiger charge is 2.22. The van der Waals surface area contributed by atoms with E-state index in [9.17, 15) is 9.18 Å². The summed E-state index contributed by atoms with van der Waals surface area (Å²) in [5.74, 6) is 1.01. The average Bonchev–Trinajstić information content (AvgIpc) is 3.11. The Labute approximate surface area is 188 Å². The molecule has 0 saturated carbocycles. The summed E-state index contributed by atoms with van der Waals surface area (Å²) in [5.41, 5.74) is 0.418. The van der Waals surface area contributed by atoms with Gasteiger partial charge in [0.05, 0.1) is 17.4 Å². The maximum Gasteiger partial charge on any atom is 0.237 e. The van der Waals surface area contributed by atoms with Gasteiger partial charge < -0.3 is 19.4 Å². The Kier molecular flexibility index (Phi) is 7.40. The topological polar surface area (TPSA) is 78.3 Å². The summed E-state index contributed by atoms with van der Waals surface area (Å²) < 4.78 is 26.4. The zero-order valence-corrected chi connectivity index (χ0v) is 19.0. The number of methoxy groups -OCH3 is 1. The number of para-hydroxylation sites is 2. The van der Waals surface area contributed by atoms with Crippen molar-refractivity contribution in [3.05, 3.63) is 59.1 Å². The summed E-state index contributed by atoms with van der Waals surface area (Å²) >= 11 is 7.01. The standard InChI is InChI=1S/C21H22ClFN4O3S/c1-12(30-18-8-6-5-7-17(18)29-4)19-25-26-21(27(19)3)31-13(2)20(28)24-14-9-10-16(23)15(22)11-14/h5-13H,1-4H3,(H,24,28). The van der Waals surface area contributed by atoms with Crippen molar-refractivity contribution in [2.75, 3.05) is 12.4 Å². The largest absolute Gasteiger partial charge is 0.493 e. The number of benzene rings is 2. The second-order valence-corrected chi connectivity index (χ2v) is 8.40. The lowest BCUT2D eigenvalue weighted by atomic mass is 10.3. The Balaban J connectivity index is 1.66. The van der Waals surface area contributed by atoms with Crippen LogP contribution in [0.1, 0.15) is 25.8 Å². The third kappa shape index (κ3) is 5.48. The van der Waals surface area contributed by atoms with Gasteiger partial charge in [-0.3, -0.25) is 4.79 Å². The molecular weight excluding hydrogens is 443 g/mol. The predicted octanol–water partition coefficient (Wildman–Crippen LogP) is 4.88. The predicted molar refractivity (Wildman–Crippen MR) is 118 cm³/mol. The van der Waals surface area contributed by atoms with Crippen LogP contribution < -0.4 is 14.8 Å². The molecule has 0 aliphatic rings. The van der Waals surface area contributed by atoms with E-state index in [0.29, 0.717) is 28.2 Å². The first-order valence-corrected chi connectivity index (χ1v) is 10.7. The minimum Gasteiger partial charge on any atom is -0.493 e. The Morgan fingerprint density at radius 1 is 1.19 bits per heavy atom. The van der Waals surface area contributed by atoms with Gasteiger partial charge in [-0.2, -0.15) is 0 Å².